The Hall–Kier alpha value is -2.02. The molecule has 0 atom stereocenters. The second-order valence-electron chi connectivity index (χ2n) is 4.99. The summed E-state index contributed by atoms with van der Waals surface area (Å²) in [5.41, 5.74) is 5.64. The van der Waals surface area contributed by atoms with E-state index < -0.39 is 0 Å². The predicted octanol–water partition coefficient (Wildman–Crippen LogP) is 4.15. The number of fused-ring (bicyclic) bond motifs is 1. The zero-order chi connectivity index (χ0) is 13.1. The highest BCUT2D eigenvalue weighted by Crippen LogP contribution is 2.35. The molecule has 2 aromatic carbocycles. The molecule has 96 valence electrons. The molecule has 0 saturated heterocycles. The molecule has 0 N–H and O–H groups in total. The molecule has 1 nitrogen and oxygen atoms in total. The lowest BCUT2D eigenvalue weighted by Crippen LogP contribution is -2.22. The fraction of sp³-hybridized carbons (Fsp3) is 0.222. The number of nitrogens with zero attached hydrogens (tertiary/aromatic N) is 1. The first-order valence-corrected chi connectivity index (χ1v) is 6.92. The van der Waals surface area contributed by atoms with Crippen molar-refractivity contribution in [1.82, 2.24) is 0 Å². The maximum Gasteiger partial charge on any atom is 0.0446 e. The molecule has 19 heavy (non-hydrogen) atoms. The van der Waals surface area contributed by atoms with Gasteiger partial charge >= 0.3 is 0 Å². The molecule has 1 heteroatoms. The first-order chi connectivity index (χ1) is 9.38. The molecule has 0 amide bonds. The minimum Gasteiger partial charge on any atom is -0.366 e. The summed E-state index contributed by atoms with van der Waals surface area (Å²) in [5, 5.41) is 0. The van der Waals surface area contributed by atoms with E-state index >= 15 is 0 Å². The third-order valence-electron chi connectivity index (χ3n) is 3.81. The Kier molecular flexibility index (Phi) is 3.37. The van der Waals surface area contributed by atoms with Gasteiger partial charge < -0.3 is 4.90 Å². The molecule has 0 spiro atoms. The Morgan fingerprint density at radius 2 is 1.74 bits per heavy atom. The van der Waals surface area contributed by atoms with Crippen LogP contribution in [0.15, 0.2) is 60.7 Å². The van der Waals surface area contributed by atoms with Gasteiger partial charge in [0.25, 0.3) is 0 Å². The van der Waals surface area contributed by atoms with Gasteiger partial charge in [-0.25, -0.2) is 0 Å². The molecule has 0 aliphatic carbocycles. The van der Waals surface area contributed by atoms with Gasteiger partial charge in [-0.3, -0.25) is 0 Å². The number of benzene rings is 2. The van der Waals surface area contributed by atoms with E-state index in [4.69, 9.17) is 0 Å². The molecule has 0 unspecified atom stereocenters. The molecule has 1 aliphatic rings. The highest BCUT2D eigenvalue weighted by molar-refractivity contribution is 5.85. The number of hydrogen-bond donors (Lipinski definition) is 0. The normalized spacial score (nSPS) is 15.8. The summed E-state index contributed by atoms with van der Waals surface area (Å²) in [4.78, 5) is 2.48. The molecule has 1 aliphatic heterocycles. The van der Waals surface area contributed by atoms with Gasteiger partial charge in [-0.1, -0.05) is 54.6 Å². The zero-order valence-corrected chi connectivity index (χ0v) is 11.3. The number of anilines is 1. The van der Waals surface area contributed by atoms with Gasteiger partial charge in [-0.05, 0) is 30.5 Å². The van der Waals surface area contributed by atoms with Crippen molar-refractivity contribution < 1.29 is 0 Å². The first-order valence-electron chi connectivity index (χ1n) is 6.92. The molecule has 0 fully saturated rings. The fourth-order valence-electron chi connectivity index (χ4n) is 2.75. The first kappa shape index (κ1) is 12.0. The molecule has 1 heterocycles. The van der Waals surface area contributed by atoms with Crippen LogP contribution in [-0.2, 0) is 6.42 Å². The topological polar surface area (TPSA) is 3.24 Å². The Bertz CT molecular complexity index is 584. The Labute approximate surface area is 115 Å². The Balaban J connectivity index is 1.77. The number of hydrogen-bond acceptors (Lipinski definition) is 1. The second kappa shape index (κ2) is 5.31. The fourth-order valence-corrected chi connectivity index (χ4v) is 2.75. The summed E-state index contributed by atoms with van der Waals surface area (Å²) < 4.78 is 0. The van der Waals surface area contributed by atoms with E-state index in [1.54, 1.807) is 0 Å². The Morgan fingerprint density at radius 1 is 1.00 bits per heavy atom. The van der Waals surface area contributed by atoms with Crippen LogP contribution in [0, 0.1) is 0 Å². The SMILES string of the molecule is CC=C1CN(CCc2ccccc2)c2ccccc21. The third kappa shape index (κ3) is 2.41. The van der Waals surface area contributed by atoms with Crippen LogP contribution in [0.5, 0.6) is 0 Å². The van der Waals surface area contributed by atoms with Gasteiger partial charge in [0, 0.05) is 24.3 Å². The summed E-state index contributed by atoms with van der Waals surface area (Å²) in [6, 6.07) is 19.4. The van der Waals surface area contributed by atoms with E-state index in [-0.39, 0.29) is 0 Å². The molecule has 0 bridgehead atoms. The minimum absolute atomic E-state index is 1.04. The van der Waals surface area contributed by atoms with Crippen LogP contribution in [-0.4, -0.2) is 13.1 Å². The van der Waals surface area contributed by atoms with Crippen LogP contribution in [0.2, 0.25) is 0 Å². The maximum absolute atomic E-state index is 2.48. The van der Waals surface area contributed by atoms with Crippen molar-refractivity contribution in [2.45, 2.75) is 13.3 Å². The number of rotatable bonds is 3. The Morgan fingerprint density at radius 3 is 2.53 bits per heavy atom. The van der Waals surface area contributed by atoms with E-state index in [1.807, 2.05) is 0 Å². The van der Waals surface area contributed by atoms with Crippen molar-refractivity contribution in [1.29, 1.82) is 0 Å². The average molecular weight is 249 g/mol. The van der Waals surface area contributed by atoms with Crippen LogP contribution >= 0.6 is 0 Å². The molecule has 0 aromatic heterocycles. The van der Waals surface area contributed by atoms with Crippen LogP contribution in [0.4, 0.5) is 5.69 Å². The van der Waals surface area contributed by atoms with Gasteiger partial charge in [-0.15, -0.1) is 0 Å². The predicted molar refractivity (Wildman–Crippen MR) is 82.5 cm³/mol. The lowest BCUT2D eigenvalue weighted by atomic mass is 10.1. The van der Waals surface area contributed by atoms with Gasteiger partial charge in [0.15, 0.2) is 0 Å². The van der Waals surface area contributed by atoms with Crippen molar-refractivity contribution in [3.05, 3.63) is 71.8 Å². The maximum atomic E-state index is 2.48. The summed E-state index contributed by atoms with van der Waals surface area (Å²) in [5.74, 6) is 0. The summed E-state index contributed by atoms with van der Waals surface area (Å²) >= 11 is 0. The van der Waals surface area contributed by atoms with Crippen molar-refractivity contribution >= 4 is 11.3 Å². The quantitative estimate of drug-likeness (QED) is 0.789. The van der Waals surface area contributed by atoms with E-state index in [0.717, 1.165) is 19.5 Å². The second-order valence-corrected chi connectivity index (χ2v) is 4.99. The highest BCUT2D eigenvalue weighted by Gasteiger charge is 2.21. The van der Waals surface area contributed by atoms with E-state index in [0.29, 0.717) is 0 Å². The average Bonchev–Trinajstić information content (AvgIpc) is 2.84. The van der Waals surface area contributed by atoms with Gasteiger partial charge in [-0.2, -0.15) is 0 Å². The van der Waals surface area contributed by atoms with Crippen molar-refractivity contribution in [2.75, 3.05) is 18.0 Å². The minimum atomic E-state index is 1.04. The van der Waals surface area contributed by atoms with Gasteiger partial charge in [0.05, 0.1) is 0 Å². The lowest BCUT2D eigenvalue weighted by molar-refractivity contribution is 0.858. The molecule has 2 aromatic rings. The highest BCUT2D eigenvalue weighted by atomic mass is 15.1. The van der Waals surface area contributed by atoms with E-state index in [9.17, 15) is 0 Å². The monoisotopic (exact) mass is 249 g/mol. The summed E-state index contributed by atoms with van der Waals surface area (Å²) in [7, 11) is 0. The third-order valence-corrected chi connectivity index (χ3v) is 3.81. The van der Waals surface area contributed by atoms with Gasteiger partial charge in [0.2, 0.25) is 0 Å². The van der Waals surface area contributed by atoms with Crippen LogP contribution in [0.1, 0.15) is 18.1 Å². The standard InChI is InChI=1S/C18H19N/c1-2-16-14-19(18-11-7-6-10-17(16)18)13-12-15-8-4-3-5-9-15/h2-11H,12-14H2,1H3. The molecule has 0 radical (unpaired) electrons. The molecular formula is C18H19N. The molecule has 3 rings (SSSR count). The van der Waals surface area contributed by atoms with Crippen LogP contribution < -0.4 is 4.90 Å². The van der Waals surface area contributed by atoms with Crippen molar-refractivity contribution in [2.24, 2.45) is 0 Å². The van der Waals surface area contributed by atoms with E-state index in [1.165, 1.54) is 22.4 Å². The van der Waals surface area contributed by atoms with Crippen molar-refractivity contribution in [3.8, 4) is 0 Å². The number of allylic oxidation sites excluding steroid dienone is 1. The number of para-hydroxylation sites is 1. The van der Waals surface area contributed by atoms with Crippen LogP contribution in [0.3, 0.4) is 0 Å². The summed E-state index contributed by atoms with van der Waals surface area (Å²) in [6.45, 7) is 4.26. The van der Waals surface area contributed by atoms with E-state index in [2.05, 4.69) is 72.5 Å². The smallest absolute Gasteiger partial charge is 0.0446 e. The lowest BCUT2D eigenvalue weighted by Gasteiger charge is -2.18. The largest absolute Gasteiger partial charge is 0.366 e. The van der Waals surface area contributed by atoms with Crippen LogP contribution in [0.25, 0.3) is 5.57 Å². The molecule has 0 saturated carbocycles. The van der Waals surface area contributed by atoms with Crippen molar-refractivity contribution in [3.63, 3.8) is 0 Å². The summed E-state index contributed by atoms with van der Waals surface area (Å²) in [6.07, 6.45) is 3.34. The zero-order valence-electron chi connectivity index (χ0n) is 11.3. The molecular weight excluding hydrogens is 230 g/mol. The van der Waals surface area contributed by atoms with Gasteiger partial charge in [0.1, 0.15) is 0 Å².